The molecule has 0 aliphatic carbocycles. The Morgan fingerprint density at radius 1 is 1.62 bits per heavy atom. The number of carbonyl (C=O) groups is 1. The fourth-order valence-electron chi connectivity index (χ4n) is 1.18. The molecule has 0 spiro atoms. The lowest BCUT2D eigenvalue weighted by Crippen LogP contribution is -2.14. The number of aromatic nitrogens is 3. The summed E-state index contributed by atoms with van der Waals surface area (Å²) in [4.78, 5) is 17.2. The second kappa shape index (κ2) is 3.93. The van der Waals surface area contributed by atoms with E-state index in [1.54, 1.807) is 13.1 Å². The molecule has 84 valence electrons. The highest BCUT2D eigenvalue weighted by Crippen LogP contribution is 2.23. The molecule has 2 aromatic heterocycles. The van der Waals surface area contributed by atoms with Crippen molar-refractivity contribution in [1.29, 1.82) is 0 Å². The first-order chi connectivity index (χ1) is 7.58. The van der Waals surface area contributed by atoms with Crippen LogP contribution in [0, 0.1) is 6.92 Å². The first kappa shape index (κ1) is 10.6. The van der Waals surface area contributed by atoms with E-state index in [-0.39, 0.29) is 5.91 Å². The Kier molecular flexibility index (Phi) is 2.61. The van der Waals surface area contributed by atoms with Crippen molar-refractivity contribution in [2.24, 2.45) is 7.05 Å². The number of nitrogens with one attached hydrogen (secondary N) is 1. The van der Waals surface area contributed by atoms with Gasteiger partial charge in [0.25, 0.3) is 5.91 Å². The van der Waals surface area contributed by atoms with E-state index in [9.17, 15) is 4.79 Å². The summed E-state index contributed by atoms with van der Waals surface area (Å²) in [7, 11) is 1.71. The fraction of sp³-hybridized carbons (Fsp3) is 0.222. The van der Waals surface area contributed by atoms with Crippen molar-refractivity contribution in [2.45, 2.75) is 6.92 Å². The number of anilines is 2. The minimum atomic E-state index is -0.221. The molecular formula is C9H11N5OS. The number of carbonyl (C=O) groups excluding carboxylic acids is 1. The normalized spacial score (nSPS) is 10.4. The van der Waals surface area contributed by atoms with Crippen LogP contribution in [-0.4, -0.2) is 20.7 Å². The van der Waals surface area contributed by atoms with Gasteiger partial charge in [0.15, 0.2) is 0 Å². The van der Waals surface area contributed by atoms with Gasteiger partial charge in [0.1, 0.15) is 6.33 Å². The number of hydrogen-bond acceptors (Lipinski definition) is 5. The van der Waals surface area contributed by atoms with E-state index in [0.717, 1.165) is 4.88 Å². The monoisotopic (exact) mass is 237 g/mol. The predicted octanol–water partition coefficient (Wildman–Crippen LogP) is 1.02. The van der Waals surface area contributed by atoms with Gasteiger partial charge in [-0.2, -0.15) is 10.1 Å². The van der Waals surface area contributed by atoms with E-state index in [2.05, 4.69) is 15.4 Å². The highest BCUT2D eigenvalue weighted by molar-refractivity contribution is 7.14. The molecule has 16 heavy (non-hydrogen) atoms. The van der Waals surface area contributed by atoms with Crippen molar-refractivity contribution in [3.63, 3.8) is 0 Å². The third-order valence-electron chi connectivity index (χ3n) is 2.12. The molecule has 1 amide bonds. The molecule has 2 rings (SSSR count). The van der Waals surface area contributed by atoms with Gasteiger partial charge in [-0.05, 0) is 13.0 Å². The summed E-state index contributed by atoms with van der Waals surface area (Å²) in [6, 6.07) is 1.66. The predicted molar refractivity (Wildman–Crippen MR) is 62.4 cm³/mol. The van der Waals surface area contributed by atoms with Gasteiger partial charge in [0.2, 0.25) is 5.95 Å². The first-order valence-electron chi connectivity index (χ1n) is 4.59. The summed E-state index contributed by atoms with van der Waals surface area (Å²) in [6.45, 7) is 1.87. The molecule has 2 heterocycles. The van der Waals surface area contributed by atoms with Crippen LogP contribution >= 0.6 is 11.3 Å². The molecule has 0 saturated heterocycles. The Labute approximate surface area is 96.1 Å². The van der Waals surface area contributed by atoms with Gasteiger partial charge in [0, 0.05) is 17.6 Å². The lowest BCUT2D eigenvalue weighted by Gasteiger charge is -2.00. The summed E-state index contributed by atoms with van der Waals surface area (Å²) < 4.78 is 1.49. The SMILES string of the molecule is Cc1sc(C(=O)Nc2ncnn2C)cc1N. The quantitative estimate of drug-likeness (QED) is 0.816. The maximum Gasteiger partial charge on any atom is 0.268 e. The van der Waals surface area contributed by atoms with Crippen LogP contribution in [0.2, 0.25) is 0 Å². The van der Waals surface area contributed by atoms with Gasteiger partial charge in [-0.1, -0.05) is 0 Å². The molecule has 0 bridgehead atoms. The molecule has 3 N–H and O–H groups in total. The van der Waals surface area contributed by atoms with E-state index >= 15 is 0 Å². The Hall–Kier alpha value is -1.89. The molecule has 0 fully saturated rings. The second-order valence-electron chi connectivity index (χ2n) is 3.28. The zero-order valence-corrected chi connectivity index (χ0v) is 9.71. The summed E-state index contributed by atoms with van der Waals surface area (Å²) in [5.74, 6) is 0.190. The number of nitrogen functional groups attached to an aromatic ring is 1. The molecule has 0 saturated carbocycles. The second-order valence-corrected chi connectivity index (χ2v) is 4.54. The van der Waals surface area contributed by atoms with E-state index < -0.39 is 0 Å². The molecule has 0 aromatic carbocycles. The van der Waals surface area contributed by atoms with Crippen LogP contribution in [0.15, 0.2) is 12.4 Å². The van der Waals surface area contributed by atoms with Gasteiger partial charge < -0.3 is 5.73 Å². The van der Waals surface area contributed by atoms with Crippen molar-refractivity contribution < 1.29 is 4.79 Å². The highest BCUT2D eigenvalue weighted by Gasteiger charge is 2.13. The third kappa shape index (κ3) is 1.89. The number of nitrogens with two attached hydrogens (primary N) is 1. The van der Waals surface area contributed by atoms with Crippen LogP contribution in [0.25, 0.3) is 0 Å². The maximum absolute atomic E-state index is 11.8. The van der Waals surface area contributed by atoms with Crippen LogP contribution in [0.4, 0.5) is 11.6 Å². The third-order valence-corrected chi connectivity index (χ3v) is 3.18. The summed E-state index contributed by atoms with van der Waals surface area (Å²) in [5, 5.41) is 6.51. The van der Waals surface area contributed by atoms with Crippen molar-refractivity contribution in [1.82, 2.24) is 14.8 Å². The molecule has 0 atom stereocenters. The lowest BCUT2D eigenvalue weighted by atomic mass is 10.3. The van der Waals surface area contributed by atoms with Crippen LogP contribution < -0.4 is 11.1 Å². The van der Waals surface area contributed by atoms with E-state index in [1.165, 1.54) is 22.3 Å². The number of rotatable bonds is 2. The van der Waals surface area contributed by atoms with Crippen LogP contribution in [0.5, 0.6) is 0 Å². The van der Waals surface area contributed by atoms with Gasteiger partial charge in [0.05, 0.1) is 4.88 Å². The molecule has 0 aliphatic rings. The molecule has 0 aliphatic heterocycles. The van der Waals surface area contributed by atoms with Gasteiger partial charge in [-0.3, -0.25) is 10.1 Å². The van der Waals surface area contributed by atoms with Gasteiger partial charge in [-0.15, -0.1) is 11.3 Å². The van der Waals surface area contributed by atoms with Gasteiger partial charge in [-0.25, -0.2) is 4.68 Å². The summed E-state index contributed by atoms with van der Waals surface area (Å²) >= 11 is 1.36. The summed E-state index contributed by atoms with van der Waals surface area (Å²) in [6.07, 6.45) is 1.38. The zero-order chi connectivity index (χ0) is 11.7. The molecule has 7 heteroatoms. The number of hydrogen-bond donors (Lipinski definition) is 2. The average Bonchev–Trinajstić information content (AvgIpc) is 2.76. The molecule has 0 radical (unpaired) electrons. The topological polar surface area (TPSA) is 85.8 Å². The van der Waals surface area contributed by atoms with Crippen molar-refractivity contribution in [3.8, 4) is 0 Å². The minimum Gasteiger partial charge on any atom is -0.398 e. The standard InChI is InChI=1S/C9H11N5OS/c1-5-6(10)3-7(16-5)8(15)13-9-11-4-12-14(9)2/h3-4H,10H2,1-2H3,(H,11,12,13,15). The Bertz CT molecular complexity index is 510. The van der Waals surface area contributed by atoms with Gasteiger partial charge >= 0.3 is 0 Å². The van der Waals surface area contributed by atoms with Crippen LogP contribution in [0.1, 0.15) is 14.5 Å². The Morgan fingerprint density at radius 3 is 2.88 bits per heavy atom. The van der Waals surface area contributed by atoms with Crippen LogP contribution in [0.3, 0.4) is 0 Å². The van der Waals surface area contributed by atoms with Crippen molar-refractivity contribution >= 4 is 28.9 Å². The number of amides is 1. The Balaban J connectivity index is 2.18. The van der Waals surface area contributed by atoms with E-state index in [0.29, 0.717) is 16.5 Å². The molecular weight excluding hydrogens is 226 g/mol. The number of aryl methyl sites for hydroxylation is 2. The zero-order valence-electron chi connectivity index (χ0n) is 8.89. The Morgan fingerprint density at radius 2 is 2.38 bits per heavy atom. The largest absolute Gasteiger partial charge is 0.398 e. The number of nitrogens with zero attached hydrogens (tertiary/aromatic N) is 3. The maximum atomic E-state index is 11.8. The average molecular weight is 237 g/mol. The van der Waals surface area contributed by atoms with E-state index in [1.807, 2.05) is 6.92 Å². The smallest absolute Gasteiger partial charge is 0.268 e. The van der Waals surface area contributed by atoms with Crippen molar-refractivity contribution in [2.75, 3.05) is 11.1 Å². The molecule has 0 unspecified atom stereocenters. The first-order valence-corrected chi connectivity index (χ1v) is 5.41. The lowest BCUT2D eigenvalue weighted by molar-refractivity contribution is 0.102. The molecule has 6 nitrogen and oxygen atoms in total. The van der Waals surface area contributed by atoms with E-state index in [4.69, 9.17) is 5.73 Å². The molecule has 2 aromatic rings. The van der Waals surface area contributed by atoms with Crippen molar-refractivity contribution in [3.05, 3.63) is 22.1 Å². The van der Waals surface area contributed by atoms with Crippen LogP contribution in [-0.2, 0) is 7.05 Å². The minimum absolute atomic E-state index is 0.221. The fourth-order valence-corrected chi connectivity index (χ4v) is 2.02. The summed E-state index contributed by atoms with van der Waals surface area (Å²) in [5.41, 5.74) is 6.31. The number of thiophene rings is 1. The highest BCUT2D eigenvalue weighted by atomic mass is 32.1.